The minimum absolute atomic E-state index is 0.0259. The minimum Gasteiger partial charge on any atom is -0.357 e. The van der Waals surface area contributed by atoms with Crippen LogP contribution in [0.15, 0.2) is 48.8 Å². The van der Waals surface area contributed by atoms with Gasteiger partial charge in [-0.2, -0.15) is 5.26 Å². The van der Waals surface area contributed by atoms with Gasteiger partial charge in [0, 0.05) is 42.7 Å². The van der Waals surface area contributed by atoms with E-state index in [0.717, 1.165) is 48.6 Å². The first-order valence-corrected chi connectivity index (χ1v) is 10.9. The Labute approximate surface area is 184 Å². The fourth-order valence-electron chi connectivity index (χ4n) is 3.48. The predicted octanol–water partition coefficient (Wildman–Crippen LogP) is 4.51. The molecule has 6 nitrogen and oxygen atoms in total. The lowest BCUT2D eigenvalue weighted by atomic mass is 9.96. The molecule has 4 rings (SSSR count). The molecular weight excluding hydrogens is 418 g/mol. The molecule has 8 heteroatoms. The second-order valence-corrected chi connectivity index (χ2v) is 8.75. The number of amides is 1. The number of carbonyl (C=O) groups excluding carboxylic acids is 1. The van der Waals surface area contributed by atoms with Crippen molar-refractivity contribution in [2.75, 3.05) is 23.3 Å². The highest BCUT2D eigenvalue weighted by molar-refractivity contribution is 7.15. The van der Waals surface area contributed by atoms with Crippen LogP contribution in [0, 0.1) is 17.2 Å². The normalized spacial score (nSPS) is 14.3. The van der Waals surface area contributed by atoms with E-state index in [1.54, 1.807) is 12.4 Å². The van der Waals surface area contributed by atoms with E-state index in [4.69, 9.17) is 16.9 Å². The van der Waals surface area contributed by atoms with Crippen LogP contribution >= 0.6 is 22.9 Å². The van der Waals surface area contributed by atoms with E-state index in [1.165, 1.54) is 11.3 Å². The fourth-order valence-corrected chi connectivity index (χ4v) is 4.44. The van der Waals surface area contributed by atoms with Crippen LogP contribution in [0.5, 0.6) is 0 Å². The van der Waals surface area contributed by atoms with Crippen molar-refractivity contribution in [1.82, 2.24) is 9.97 Å². The molecule has 1 aliphatic heterocycles. The van der Waals surface area contributed by atoms with Crippen molar-refractivity contribution < 1.29 is 4.79 Å². The molecule has 1 saturated heterocycles. The van der Waals surface area contributed by atoms with Gasteiger partial charge >= 0.3 is 0 Å². The summed E-state index contributed by atoms with van der Waals surface area (Å²) in [5.41, 5.74) is 1.76. The zero-order chi connectivity index (χ0) is 20.9. The van der Waals surface area contributed by atoms with Crippen LogP contribution in [0.25, 0.3) is 0 Å². The average Bonchev–Trinajstić information content (AvgIpc) is 3.21. The molecule has 152 valence electrons. The summed E-state index contributed by atoms with van der Waals surface area (Å²) in [6.45, 7) is 1.57. The second kappa shape index (κ2) is 9.24. The first-order chi connectivity index (χ1) is 14.6. The van der Waals surface area contributed by atoms with Crippen molar-refractivity contribution in [3.63, 3.8) is 0 Å². The summed E-state index contributed by atoms with van der Waals surface area (Å²) in [6.07, 6.45) is 5.73. The number of pyridine rings is 1. The number of benzene rings is 1. The molecule has 0 aliphatic carbocycles. The molecule has 3 aromatic rings. The van der Waals surface area contributed by atoms with Crippen molar-refractivity contribution in [3.8, 4) is 6.07 Å². The highest BCUT2D eigenvalue weighted by Gasteiger charge is 2.26. The van der Waals surface area contributed by atoms with E-state index in [2.05, 4.69) is 26.3 Å². The zero-order valence-electron chi connectivity index (χ0n) is 16.2. The molecule has 0 radical (unpaired) electrons. The Morgan fingerprint density at radius 2 is 1.93 bits per heavy atom. The number of nitrogens with zero attached hydrogens (tertiary/aromatic N) is 4. The number of anilines is 2. The molecule has 0 saturated carbocycles. The van der Waals surface area contributed by atoms with Gasteiger partial charge in [-0.15, -0.1) is 11.3 Å². The molecule has 1 aliphatic rings. The summed E-state index contributed by atoms with van der Waals surface area (Å²) in [4.78, 5) is 24.6. The monoisotopic (exact) mass is 437 g/mol. The van der Waals surface area contributed by atoms with Crippen LogP contribution in [-0.4, -0.2) is 29.0 Å². The van der Waals surface area contributed by atoms with Gasteiger partial charge in [0.25, 0.3) is 0 Å². The molecule has 3 heterocycles. The third-order valence-electron chi connectivity index (χ3n) is 5.15. The maximum atomic E-state index is 12.7. The van der Waals surface area contributed by atoms with E-state index < -0.39 is 0 Å². The minimum atomic E-state index is -0.0283. The van der Waals surface area contributed by atoms with Gasteiger partial charge in [-0.1, -0.05) is 23.7 Å². The molecule has 1 aromatic carbocycles. The molecule has 2 aromatic heterocycles. The zero-order valence-corrected chi connectivity index (χ0v) is 17.8. The first kappa shape index (κ1) is 20.3. The highest BCUT2D eigenvalue weighted by atomic mass is 35.5. The average molecular weight is 438 g/mol. The lowest BCUT2D eigenvalue weighted by molar-refractivity contribution is -0.120. The SMILES string of the molecule is N#Cc1ccc(Cc2cnc(NC(=O)C3CCN(c4ccc(Cl)cn4)CC3)s2)cc1. The molecule has 1 fully saturated rings. The summed E-state index contributed by atoms with van der Waals surface area (Å²) >= 11 is 7.39. The fraction of sp³-hybridized carbons (Fsp3) is 0.273. The Hall–Kier alpha value is -2.95. The van der Waals surface area contributed by atoms with Crippen molar-refractivity contribution in [3.05, 3.63) is 69.8 Å². The van der Waals surface area contributed by atoms with Crippen LogP contribution in [0.3, 0.4) is 0 Å². The van der Waals surface area contributed by atoms with Gasteiger partial charge in [0.05, 0.1) is 16.7 Å². The highest BCUT2D eigenvalue weighted by Crippen LogP contribution is 2.26. The molecule has 30 heavy (non-hydrogen) atoms. The summed E-state index contributed by atoms with van der Waals surface area (Å²) < 4.78 is 0. The largest absolute Gasteiger partial charge is 0.357 e. The van der Waals surface area contributed by atoms with Crippen LogP contribution < -0.4 is 10.2 Å². The Morgan fingerprint density at radius 3 is 2.60 bits per heavy atom. The number of thiazole rings is 1. The number of hydrogen-bond donors (Lipinski definition) is 1. The Kier molecular flexibility index (Phi) is 6.26. The third-order valence-corrected chi connectivity index (χ3v) is 6.28. The van der Waals surface area contributed by atoms with E-state index in [1.807, 2.05) is 36.4 Å². The number of rotatable bonds is 5. The summed E-state index contributed by atoms with van der Waals surface area (Å²) in [7, 11) is 0. The van der Waals surface area contributed by atoms with E-state index in [9.17, 15) is 4.79 Å². The number of carbonyl (C=O) groups is 1. The number of nitrogens with one attached hydrogen (secondary N) is 1. The van der Waals surface area contributed by atoms with Gasteiger partial charge in [0.15, 0.2) is 5.13 Å². The molecule has 0 unspecified atom stereocenters. The molecule has 1 amide bonds. The smallest absolute Gasteiger partial charge is 0.229 e. The lowest BCUT2D eigenvalue weighted by Crippen LogP contribution is -2.38. The van der Waals surface area contributed by atoms with E-state index >= 15 is 0 Å². The van der Waals surface area contributed by atoms with Crippen molar-refractivity contribution in [2.24, 2.45) is 5.92 Å². The maximum Gasteiger partial charge on any atom is 0.229 e. The van der Waals surface area contributed by atoms with Crippen molar-refractivity contribution in [2.45, 2.75) is 19.3 Å². The van der Waals surface area contributed by atoms with Gasteiger partial charge in [-0.3, -0.25) is 4.79 Å². The third kappa shape index (κ3) is 4.96. The Bertz CT molecular complexity index is 1050. The number of piperidine rings is 1. The van der Waals surface area contributed by atoms with Crippen LogP contribution in [0.4, 0.5) is 10.9 Å². The van der Waals surface area contributed by atoms with Crippen molar-refractivity contribution in [1.29, 1.82) is 5.26 Å². The molecule has 0 bridgehead atoms. The Balaban J connectivity index is 1.29. The van der Waals surface area contributed by atoms with Crippen molar-refractivity contribution >= 4 is 39.8 Å². The topological polar surface area (TPSA) is 81.9 Å². The van der Waals surface area contributed by atoms with Gasteiger partial charge in [-0.05, 0) is 42.7 Å². The van der Waals surface area contributed by atoms with Gasteiger partial charge in [0.2, 0.25) is 5.91 Å². The van der Waals surface area contributed by atoms with E-state index in [0.29, 0.717) is 15.7 Å². The van der Waals surface area contributed by atoms with Crippen LogP contribution in [0.2, 0.25) is 5.02 Å². The first-order valence-electron chi connectivity index (χ1n) is 9.72. The van der Waals surface area contributed by atoms with Gasteiger partial charge in [-0.25, -0.2) is 9.97 Å². The van der Waals surface area contributed by atoms with Crippen LogP contribution in [-0.2, 0) is 11.2 Å². The number of hydrogen-bond acceptors (Lipinski definition) is 6. The predicted molar refractivity (Wildman–Crippen MR) is 119 cm³/mol. The standard InChI is InChI=1S/C22H20ClN5OS/c23-18-5-6-20(25-13-18)28-9-7-17(8-10-28)21(29)27-22-26-14-19(30-22)11-15-1-3-16(12-24)4-2-15/h1-6,13-14,17H,7-11H2,(H,26,27,29). The quantitative estimate of drug-likeness (QED) is 0.635. The Morgan fingerprint density at radius 1 is 1.17 bits per heavy atom. The molecular formula is C22H20ClN5OS. The van der Waals surface area contributed by atoms with Crippen LogP contribution in [0.1, 0.15) is 28.8 Å². The number of aromatic nitrogens is 2. The second-order valence-electron chi connectivity index (χ2n) is 7.20. The summed E-state index contributed by atoms with van der Waals surface area (Å²) in [5, 5.41) is 13.1. The van der Waals surface area contributed by atoms with Gasteiger partial charge in [0.1, 0.15) is 5.82 Å². The molecule has 0 spiro atoms. The van der Waals surface area contributed by atoms with Gasteiger partial charge < -0.3 is 10.2 Å². The number of halogens is 1. The molecule has 1 N–H and O–H groups in total. The van der Waals surface area contributed by atoms with E-state index in [-0.39, 0.29) is 11.8 Å². The molecule has 0 atom stereocenters. The summed E-state index contributed by atoms with van der Waals surface area (Å²) in [5.74, 6) is 0.892. The summed E-state index contributed by atoms with van der Waals surface area (Å²) in [6, 6.07) is 13.4. The number of nitriles is 1. The maximum absolute atomic E-state index is 12.7. The lowest BCUT2D eigenvalue weighted by Gasteiger charge is -2.31.